The van der Waals surface area contributed by atoms with Gasteiger partial charge in [0.05, 0.1) is 7.11 Å². The fourth-order valence-electron chi connectivity index (χ4n) is 5.52. The number of thiazole rings is 1. The molecule has 5 rings (SSSR count). The van der Waals surface area contributed by atoms with Crippen molar-refractivity contribution in [3.05, 3.63) is 65.2 Å². The van der Waals surface area contributed by atoms with Crippen LogP contribution in [0, 0.1) is 0 Å². The lowest BCUT2D eigenvalue weighted by molar-refractivity contribution is 0.102. The molecule has 1 saturated carbocycles. The molecule has 0 atom stereocenters. The number of hydrogen-bond donors (Lipinski definition) is 1. The van der Waals surface area contributed by atoms with Crippen LogP contribution in [-0.2, 0) is 0 Å². The Kier molecular flexibility index (Phi) is 7.26. The van der Waals surface area contributed by atoms with E-state index >= 15 is 0 Å². The number of likely N-dealkylation sites (tertiary alicyclic amines) is 1. The monoisotopic (exact) mass is 475 g/mol. The molecule has 2 fully saturated rings. The number of methoxy groups -OCH3 is 1. The normalized spacial score (nSPS) is 18.0. The van der Waals surface area contributed by atoms with Crippen molar-refractivity contribution < 1.29 is 9.53 Å². The summed E-state index contributed by atoms with van der Waals surface area (Å²) < 4.78 is 5.76. The van der Waals surface area contributed by atoms with Gasteiger partial charge in [-0.2, -0.15) is 0 Å². The Morgan fingerprint density at radius 2 is 1.74 bits per heavy atom. The number of carbonyl (C=O) groups excluding carboxylic acids is 1. The number of amides is 1. The molecule has 0 radical (unpaired) electrons. The maximum Gasteiger partial charge on any atom is 0.257 e. The average Bonchev–Trinajstić information content (AvgIpc) is 3.42. The fourth-order valence-corrected chi connectivity index (χ4v) is 6.05. The van der Waals surface area contributed by atoms with Crippen LogP contribution in [0.5, 0.6) is 5.75 Å². The zero-order valence-electron chi connectivity index (χ0n) is 19.8. The zero-order valence-corrected chi connectivity index (χ0v) is 20.7. The van der Waals surface area contributed by atoms with Crippen molar-refractivity contribution in [1.82, 2.24) is 9.88 Å². The van der Waals surface area contributed by atoms with E-state index in [4.69, 9.17) is 4.74 Å². The van der Waals surface area contributed by atoms with Gasteiger partial charge in [0, 0.05) is 23.2 Å². The van der Waals surface area contributed by atoms with Gasteiger partial charge in [-0.3, -0.25) is 10.1 Å². The first-order valence-corrected chi connectivity index (χ1v) is 13.3. The topological polar surface area (TPSA) is 54.5 Å². The molecule has 2 heterocycles. The molecule has 1 aliphatic heterocycles. The van der Waals surface area contributed by atoms with Crippen LogP contribution in [0.2, 0.25) is 0 Å². The minimum atomic E-state index is -0.137. The molecule has 1 aliphatic carbocycles. The number of ether oxygens (including phenoxy) is 1. The third-order valence-corrected chi connectivity index (χ3v) is 8.11. The lowest BCUT2D eigenvalue weighted by Gasteiger charge is -2.39. The molecular formula is C28H33N3O2S. The summed E-state index contributed by atoms with van der Waals surface area (Å²) in [6.07, 6.45) is 11.0. The van der Waals surface area contributed by atoms with Crippen LogP contribution in [0.25, 0.3) is 11.1 Å². The summed E-state index contributed by atoms with van der Waals surface area (Å²) in [5.74, 6) is 1.37. The molecule has 1 saturated heterocycles. The van der Waals surface area contributed by atoms with E-state index in [1.807, 2.05) is 29.6 Å². The van der Waals surface area contributed by atoms with E-state index in [2.05, 4.69) is 33.4 Å². The molecular weight excluding hydrogens is 442 g/mol. The van der Waals surface area contributed by atoms with Gasteiger partial charge < -0.3 is 9.64 Å². The van der Waals surface area contributed by atoms with E-state index in [1.165, 1.54) is 74.9 Å². The summed E-state index contributed by atoms with van der Waals surface area (Å²) in [5, 5.41) is 5.30. The van der Waals surface area contributed by atoms with E-state index in [0.29, 0.717) is 16.6 Å². The molecule has 3 aromatic rings. The number of anilines is 1. The van der Waals surface area contributed by atoms with Crippen LogP contribution in [-0.4, -0.2) is 42.0 Å². The zero-order chi connectivity index (χ0) is 23.3. The Morgan fingerprint density at radius 1 is 1.00 bits per heavy atom. The summed E-state index contributed by atoms with van der Waals surface area (Å²) in [4.78, 5) is 19.3. The summed E-state index contributed by atoms with van der Waals surface area (Å²) in [7, 11) is 1.77. The highest BCUT2D eigenvalue weighted by Gasteiger charge is 2.28. The smallest absolute Gasteiger partial charge is 0.257 e. The predicted molar refractivity (Wildman–Crippen MR) is 139 cm³/mol. The van der Waals surface area contributed by atoms with E-state index < -0.39 is 0 Å². The van der Waals surface area contributed by atoms with Crippen molar-refractivity contribution in [1.29, 1.82) is 0 Å². The van der Waals surface area contributed by atoms with Crippen molar-refractivity contribution in [2.75, 3.05) is 25.5 Å². The van der Waals surface area contributed by atoms with Gasteiger partial charge in [0.2, 0.25) is 0 Å². The lowest BCUT2D eigenvalue weighted by Crippen LogP contribution is -2.41. The summed E-state index contributed by atoms with van der Waals surface area (Å²) in [5.41, 5.74) is 4.21. The van der Waals surface area contributed by atoms with Crippen molar-refractivity contribution >= 4 is 22.4 Å². The molecule has 2 aliphatic rings. The Hall–Kier alpha value is -2.70. The number of nitrogens with zero attached hydrogens (tertiary/aromatic N) is 2. The molecule has 1 N–H and O–H groups in total. The highest BCUT2D eigenvalue weighted by Crippen LogP contribution is 2.38. The highest BCUT2D eigenvalue weighted by molar-refractivity contribution is 7.13. The van der Waals surface area contributed by atoms with Gasteiger partial charge in [0.25, 0.3) is 5.91 Å². The second kappa shape index (κ2) is 10.7. The first kappa shape index (κ1) is 23.1. The standard InChI is InChI=1S/C28H33N3O2S/c1-33-26-12-11-23(20-7-9-22(10-8-20)27(32)30-28-29-15-18-34-28)19-25(26)21-13-16-31(17-14-21)24-5-3-2-4-6-24/h7-12,15,18-19,21,24H,2-6,13-14,16-17H2,1H3,(H,29,30,32). The van der Waals surface area contributed by atoms with E-state index in [1.54, 1.807) is 13.3 Å². The largest absolute Gasteiger partial charge is 0.496 e. The third kappa shape index (κ3) is 5.18. The van der Waals surface area contributed by atoms with Gasteiger partial charge in [-0.25, -0.2) is 4.98 Å². The summed E-state index contributed by atoms with van der Waals surface area (Å²) in [6.45, 7) is 2.37. The molecule has 1 amide bonds. The Balaban J connectivity index is 1.29. The Morgan fingerprint density at radius 3 is 2.41 bits per heavy atom. The molecule has 178 valence electrons. The number of carbonyl (C=O) groups is 1. The van der Waals surface area contributed by atoms with Crippen molar-refractivity contribution in [3.63, 3.8) is 0 Å². The number of nitrogens with one attached hydrogen (secondary N) is 1. The number of aromatic nitrogens is 1. The van der Waals surface area contributed by atoms with Crippen molar-refractivity contribution in [2.24, 2.45) is 0 Å². The molecule has 34 heavy (non-hydrogen) atoms. The number of piperidine rings is 1. The molecule has 0 spiro atoms. The molecule has 2 aromatic carbocycles. The van der Waals surface area contributed by atoms with Crippen molar-refractivity contribution in [2.45, 2.75) is 56.9 Å². The highest BCUT2D eigenvalue weighted by atomic mass is 32.1. The van der Waals surface area contributed by atoms with E-state index in [9.17, 15) is 4.79 Å². The minimum Gasteiger partial charge on any atom is -0.496 e. The first-order valence-electron chi connectivity index (χ1n) is 12.4. The maximum atomic E-state index is 12.5. The summed E-state index contributed by atoms with van der Waals surface area (Å²) >= 11 is 1.41. The molecule has 0 unspecified atom stereocenters. The number of hydrogen-bond acceptors (Lipinski definition) is 5. The third-order valence-electron chi connectivity index (χ3n) is 7.42. The van der Waals surface area contributed by atoms with Gasteiger partial charge >= 0.3 is 0 Å². The Labute approximate surface area is 206 Å². The van der Waals surface area contributed by atoms with Crippen LogP contribution in [0.1, 0.15) is 66.8 Å². The quantitative estimate of drug-likeness (QED) is 0.437. The van der Waals surface area contributed by atoms with E-state index in [0.717, 1.165) is 22.9 Å². The van der Waals surface area contributed by atoms with Gasteiger partial charge in [-0.15, -0.1) is 11.3 Å². The van der Waals surface area contributed by atoms with Crippen LogP contribution >= 0.6 is 11.3 Å². The molecule has 5 nitrogen and oxygen atoms in total. The lowest BCUT2D eigenvalue weighted by atomic mass is 9.85. The van der Waals surface area contributed by atoms with Crippen LogP contribution in [0.3, 0.4) is 0 Å². The van der Waals surface area contributed by atoms with Crippen LogP contribution < -0.4 is 10.1 Å². The average molecular weight is 476 g/mol. The van der Waals surface area contributed by atoms with Gasteiger partial charge in [-0.1, -0.05) is 37.5 Å². The molecule has 6 heteroatoms. The molecule has 0 bridgehead atoms. The van der Waals surface area contributed by atoms with Crippen LogP contribution in [0.15, 0.2) is 54.0 Å². The maximum absolute atomic E-state index is 12.5. The van der Waals surface area contributed by atoms with Crippen molar-refractivity contribution in [3.8, 4) is 16.9 Å². The van der Waals surface area contributed by atoms with Gasteiger partial charge in [0.1, 0.15) is 5.75 Å². The number of benzene rings is 2. The minimum absolute atomic E-state index is 0.137. The second-order valence-electron chi connectivity index (χ2n) is 9.43. The molecule has 1 aromatic heterocycles. The predicted octanol–water partition coefficient (Wildman–Crippen LogP) is 6.58. The fraction of sp³-hybridized carbons (Fsp3) is 0.429. The second-order valence-corrected chi connectivity index (χ2v) is 10.3. The Bertz CT molecular complexity index is 1080. The van der Waals surface area contributed by atoms with Gasteiger partial charge in [-0.05, 0) is 85.6 Å². The van der Waals surface area contributed by atoms with Crippen LogP contribution in [0.4, 0.5) is 5.13 Å². The van der Waals surface area contributed by atoms with E-state index in [-0.39, 0.29) is 5.91 Å². The number of rotatable bonds is 6. The van der Waals surface area contributed by atoms with Gasteiger partial charge in [0.15, 0.2) is 5.13 Å². The first-order chi connectivity index (χ1) is 16.7. The SMILES string of the molecule is COc1ccc(-c2ccc(C(=O)Nc3nccs3)cc2)cc1C1CCN(C2CCCCC2)CC1. The summed E-state index contributed by atoms with van der Waals surface area (Å²) in [6, 6.07) is 15.1.